The molecule has 0 saturated carbocycles. The van der Waals surface area contributed by atoms with Crippen molar-refractivity contribution in [3.05, 3.63) is 47.5 Å². The fourth-order valence-electron chi connectivity index (χ4n) is 3.04. The summed E-state index contributed by atoms with van der Waals surface area (Å²) < 4.78 is 36.1. The molecule has 144 valence electrons. The van der Waals surface area contributed by atoms with Crippen LogP contribution in [0.1, 0.15) is 22.3 Å². The van der Waals surface area contributed by atoms with Gasteiger partial charge in [0.25, 0.3) is 5.91 Å². The molecule has 1 amide bonds. The monoisotopic (exact) mass is 390 g/mol. The molecule has 1 saturated heterocycles. The molecule has 0 unspecified atom stereocenters. The maximum Gasteiger partial charge on any atom is 0.255 e. The molecule has 7 nitrogen and oxygen atoms in total. The van der Waals surface area contributed by atoms with E-state index in [9.17, 15) is 13.2 Å². The van der Waals surface area contributed by atoms with Crippen LogP contribution in [0.5, 0.6) is 11.5 Å². The van der Waals surface area contributed by atoms with Crippen molar-refractivity contribution in [3.63, 3.8) is 0 Å². The standard InChI is InChI=1S/C19H22N2O5S/c1-13-10-17(25-2)18(26-3)12-16(13)20-19(22)14-6-4-7-15(11-14)21-8-5-9-27(21,23)24/h4,6-7,10-12H,5,8-9H2,1-3H3,(H,20,22). The van der Waals surface area contributed by atoms with Crippen LogP contribution >= 0.6 is 0 Å². The molecule has 3 rings (SSSR count). The van der Waals surface area contributed by atoms with E-state index < -0.39 is 10.0 Å². The molecule has 0 radical (unpaired) electrons. The minimum atomic E-state index is -3.29. The lowest BCUT2D eigenvalue weighted by Gasteiger charge is -2.18. The van der Waals surface area contributed by atoms with E-state index in [4.69, 9.17) is 9.47 Å². The highest BCUT2D eigenvalue weighted by atomic mass is 32.2. The van der Waals surface area contributed by atoms with Crippen molar-refractivity contribution in [1.82, 2.24) is 0 Å². The highest BCUT2D eigenvalue weighted by Crippen LogP contribution is 2.33. The number of carbonyl (C=O) groups is 1. The number of amides is 1. The van der Waals surface area contributed by atoms with Gasteiger partial charge in [-0.15, -0.1) is 0 Å². The number of hydrogen-bond acceptors (Lipinski definition) is 5. The van der Waals surface area contributed by atoms with Crippen LogP contribution in [0.4, 0.5) is 11.4 Å². The lowest BCUT2D eigenvalue weighted by Crippen LogP contribution is -2.25. The Morgan fingerprint density at radius 2 is 1.81 bits per heavy atom. The Hall–Kier alpha value is -2.74. The molecule has 27 heavy (non-hydrogen) atoms. The van der Waals surface area contributed by atoms with E-state index in [0.717, 1.165) is 5.56 Å². The molecule has 1 fully saturated rings. The maximum atomic E-state index is 12.7. The van der Waals surface area contributed by atoms with Crippen molar-refractivity contribution in [2.75, 3.05) is 36.1 Å². The topological polar surface area (TPSA) is 84.9 Å². The third kappa shape index (κ3) is 3.85. The van der Waals surface area contributed by atoms with Crippen LogP contribution < -0.4 is 19.1 Å². The molecular formula is C19H22N2O5S. The molecule has 0 bridgehead atoms. The lowest BCUT2D eigenvalue weighted by atomic mass is 10.1. The van der Waals surface area contributed by atoms with Gasteiger partial charge in [-0.1, -0.05) is 6.07 Å². The summed E-state index contributed by atoms with van der Waals surface area (Å²) in [6.45, 7) is 2.28. The minimum absolute atomic E-state index is 0.133. The van der Waals surface area contributed by atoms with Gasteiger partial charge in [0.1, 0.15) is 0 Å². The number of rotatable bonds is 5. The predicted molar refractivity (Wildman–Crippen MR) is 104 cm³/mol. The van der Waals surface area contributed by atoms with Gasteiger partial charge in [0.15, 0.2) is 11.5 Å². The molecule has 2 aromatic rings. The van der Waals surface area contributed by atoms with Crippen LogP contribution in [0, 0.1) is 6.92 Å². The largest absolute Gasteiger partial charge is 0.493 e. The first-order chi connectivity index (χ1) is 12.9. The quantitative estimate of drug-likeness (QED) is 0.849. The fourth-order valence-corrected chi connectivity index (χ4v) is 4.60. The summed E-state index contributed by atoms with van der Waals surface area (Å²) in [6, 6.07) is 10.1. The van der Waals surface area contributed by atoms with Gasteiger partial charge in [0.05, 0.1) is 25.7 Å². The van der Waals surface area contributed by atoms with Gasteiger partial charge in [-0.05, 0) is 43.2 Å². The van der Waals surface area contributed by atoms with Gasteiger partial charge in [0.2, 0.25) is 10.0 Å². The number of nitrogens with one attached hydrogen (secondary N) is 1. The highest BCUT2D eigenvalue weighted by molar-refractivity contribution is 7.93. The number of sulfonamides is 1. The van der Waals surface area contributed by atoms with Crippen molar-refractivity contribution < 1.29 is 22.7 Å². The Balaban J connectivity index is 1.86. The van der Waals surface area contributed by atoms with Gasteiger partial charge in [0, 0.05) is 23.9 Å². The number of carbonyl (C=O) groups excluding carboxylic acids is 1. The average Bonchev–Trinajstić information content (AvgIpc) is 3.02. The molecule has 0 aromatic heterocycles. The third-order valence-electron chi connectivity index (χ3n) is 4.47. The summed E-state index contributed by atoms with van der Waals surface area (Å²) in [5.41, 5.74) is 2.30. The van der Waals surface area contributed by atoms with Gasteiger partial charge in [-0.3, -0.25) is 9.10 Å². The number of anilines is 2. The van der Waals surface area contributed by atoms with E-state index in [1.54, 1.807) is 43.5 Å². The van der Waals surface area contributed by atoms with E-state index in [-0.39, 0.29) is 11.7 Å². The fraction of sp³-hybridized carbons (Fsp3) is 0.316. The minimum Gasteiger partial charge on any atom is -0.493 e. The first-order valence-corrected chi connectivity index (χ1v) is 10.1. The molecule has 0 atom stereocenters. The van der Waals surface area contributed by atoms with Crippen molar-refractivity contribution in [1.29, 1.82) is 0 Å². The lowest BCUT2D eigenvalue weighted by molar-refractivity contribution is 0.102. The summed E-state index contributed by atoms with van der Waals surface area (Å²) >= 11 is 0. The van der Waals surface area contributed by atoms with E-state index >= 15 is 0 Å². The zero-order valence-corrected chi connectivity index (χ0v) is 16.3. The van der Waals surface area contributed by atoms with E-state index in [1.165, 1.54) is 11.4 Å². The Morgan fingerprint density at radius 3 is 2.44 bits per heavy atom. The summed E-state index contributed by atoms with van der Waals surface area (Å²) in [6.07, 6.45) is 0.587. The Kier molecular flexibility index (Phi) is 5.27. The van der Waals surface area contributed by atoms with Gasteiger partial charge >= 0.3 is 0 Å². The van der Waals surface area contributed by atoms with E-state index in [0.29, 0.717) is 41.4 Å². The van der Waals surface area contributed by atoms with Crippen LogP contribution in [0.25, 0.3) is 0 Å². The number of nitrogens with zero attached hydrogens (tertiary/aromatic N) is 1. The molecule has 8 heteroatoms. The van der Waals surface area contributed by atoms with Crippen LogP contribution in [0.15, 0.2) is 36.4 Å². The molecule has 1 heterocycles. The second-order valence-electron chi connectivity index (χ2n) is 6.27. The number of benzene rings is 2. The molecule has 0 spiro atoms. The molecule has 0 aliphatic carbocycles. The summed E-state index contributed by atoms with van der Waals surface area (Å²) in [4.78, 5) is 12.7. The first-order valence-electron chi connectivity index (χ1n) is 8.50. The van der Waals surface area contributed by atoms with Crippen molar-refractivity contribution in [2.45, 2.75) is 13.3 Å². The normalized spacial score (nSPS) is 15.4. The highest BCUT2D eigenvalue weighted by Gasteiger charge is 2.28. The van der Waals surface area contributed by atoms with Crippen LogP contribution in [0.2, 0.25) is 0 Å². The van der Waals surface area contributed by atoms with Crippen molar-refractivity contribution in [3.8, 4) is 11.5 Å². The van der Waals surface area contributed by atoms with E-state index in [2.05, 4.69) is 5.32 Å². The Labute approximate surface area is 158 Å². The van der Waals surface area contributed by atoms with Crippen LogP contribution in [-0.2, 0) is 10.0 Å². The second kappa shape index (κ2) is 7.48. The number of hydrogen-bond donors (Lipinski definition) is 1. The van der Waals surface area contributed by atoms with Gasteiger partial charge in [-0.2, -0.15) is 0 Å². The van der Waals surface area contributed by atoms with Gasteiger partial charge in [-0.25, -0.2) is 8.42 Å². The summed E-state index contributed by atoms with van der Waals surface area (Å²) in [7, 11) is -0.218. The Bertz CT molecular complexity index is 972. The second-order valence-corrected chi connectivity index (χ2v) is 8.28. The number of methoxy groups -OCH3 is 2. The molecule has 1 aliphatic heterocycles. The van der Waals surface area contributed by atoms with Gasteiger partial charge < -0.3 is 14.8 Å². The number of aryl methyl sites for hydroxylation is 1. The zero-order chi connectivity index (χ0) is 19.6. The SMILES string of the molecule is COc1cc(C)c(NC(=O)c2cccc(N3CCCS3(=O)=O)c2)cc1OC. The zero-order valence-electron chi connectivity index (χ0n) is 15.5. The molecule has 1 aliphatic rings. The number of ether oxygens (including phenoxy) is 2. The summed E-state index contributed by atoms with van der Waals surface area (Å²) in [5.74, 6) is 0.891. The average molecular weight is 390 g/mol. The van der Waals surface area contributed by atoms with Crippen molar-refractivity contribution >= 4 is 27.3 Å². The molecule has 2 aromatic carbocycles. The van der Waals surface area contributed by atoms with E-state index in [1.807, 2.05) is 6.92 Å². The smallest absolute Gasteiger partial charge is 0.255 e. The molecular weight excluding hydrogens is 368 g/mol. The predicted octanol–water partition coefficient (Wildman–Crippen LogP) is 2.80. The van der Waals surface area contributed by atoms with Crippen LogP contribution in [-0.4, -0.2) is 40.8 Å². The van der Waals surface area contributed by atoms with Crippen LogP contribution in [0.3, 0.4) is 0 Å². The summed E-state index contributed by atoms with van der Waals surface area (Å²) in [5, 5.41) is 2.85. The maximum absolute atomic E-state index is 12.7. The first kappa shape index (κ1) is 19.0. The van der Waals surface area contributed by atoms with Crippen molar-refractivity contribution in [2.24, 2.45) is 0 Å². The Morgan fingerprint density at radius 1 is 1.11 bits per heavy atom. The molecule has 1 N–H and O–H groups in total. The third-order valence-corrected chi connectivity index (χ3v) is 6.34.